The number of rotatable bonds is 4. The Hall–Kier alpha value is -0.820. The molecular formula is C19H31N. The minimum absolute atomic E-state index is 0.347. The standard InChI is InChI=1S/C19H31N/c1-13(2)10-15-6-5-7-17(11-15)18-12-16(14(3)4)8-9-19(18)20/h5-7,11,13-14,16,18-19H,8-10,12,20H2,1-4H3. The average Bonchev–Trinajstić information content (AvgIpc) is 2.38. The molecule has 0 saturated heterocycles. The van der Waals surface area contributed by atoms with Crippen LogP contribution in [0.4, 0.5) is 0 Å². The minimum Gasteiger partial charge on any atom is -0.327 e. The largest absolute Gasteiger partial charge is 0.327 e. The van der Waals surface area contributed by atoms with E-state index in [0.717, 1.165) is 11.8 Å². The van der Waals surface area contributed by atoms with Gasteiger partial charge < -0.3 is 5.73 Å². The second-order valence-electron chi connectivity index (χ2n) is 7.43. The topological polar surface area (TPSA) is 26.0 Å². The predicted molar refractivity (Wildman–Crippen MR) is 87.9 cm³/mol. The molecule has 1 aliphatic carbocycles. The predicted octanol–water partition coefficient (Wildman–Crippen LogP) is 4.75. The normalized spacial score (nSPS) is 27.2. The van der Waals surface area contributed by atoms with Crippen LogP contribution in [0.25, 0.3) is 0 Å². The van der Waals surface area contributed by atoms with E-state index < -0.39 is 0 Å². The minimum atomic E-state index is 0.347. The molecule has 1 aliphatic rings. The summed E-state index contributed by atoms with van der Waals surface area (Å²) in [6.45, 7) is 9.28. The lowest BCUT2D eigenvalue weighted by Gasteiger charge is -2.36. The zero-order chi connectivity index (χ0) is 14.7. The maximum atomic E-state index is 6.42. The smallest absolute Gasteiger partial charge is 0.0108 e. The average molecular weight is 273 g/mol. The van der Waals surface area contributed by atoms with Gasteiger partial charge >= 0.3 is 0 Å². The summed E-state index contributed by atoms with van der Waals surface area (Å²) in [6.07, 6.45) is 4.93. The number of hydrogen-bond donors (Lipinski definition) is 1. The van der Waals surface area contributed by atoms with Crippen molar-refractivity contribution in [1.82, 2.24) is 0 Å². The molecule has 1 aromatic rings. The molecule has 3 atom stereocenters. The van der Waals surface area contributed by atoms with Crippen molar-refractivity contribution in [3.05, 3.63) is 35.4 Å². The van der Waals surface area contributed by atoms with Gasteiger partial charge in [-0.1, -0.05) is 52.0 Å². The van der Waals surface area contributed by atoms with Gasteiger partial charge in [0.1, 0.15) is 0 Å². The van der Waals surface area contributed by atoms with E-state index in [0.29, 0.717) is 17.9 Å². The molecule has 0 aliphatic heterocycles. The van der Waals surface area contributed by atoms with Crippen molar-refractivity contribution in [2.24, 2.45) is 23.5 Å². The molecule has 0 bridgehead atoms. The molecule has 1 heteroatoms. The van der Waals surface area contributed by atoms with Gasteiger partial charge in [0.15, 0.2) is 0 Å². The highest BCUT2D eigenvalue weighted by Gasteiger charge is 2.30. The van der Waals surface area contributed by atoms with Gasteiger partial charge in [-0.25, -0.2) is 0 Å². The Morgan fingerprint density at radius 3 is 2.55 bits per heavy atom. The lowest BCUT2D eigenvalue weighted by atomic mass is 9.71. The second kappa shape index (κ2) is 6.76. The first kappa shape index (κ1) is 15.6. The van der Waals surface area contributed by atoms with Crippen LogP contribution in [0.1, 0.15) is 64.0 Å². The van der Waals surface area contributed by atoms with Crippen molar-refractivity contribution >= 4 is 0 Å². The van der Waals surface area contributed by atoms with Gasteiger partial charge in [0, 0.05) is 6.04 Å². The summed E-state index contributed by atoms with van der Waals surface area (Å²) in [5, 5.41) is 0. The van der Waals surface area contributed by atoms with Crippen molar-refractivity contribution in [2.45, 2.75) is 65.3 Å². The van der Waals surface area contributed by atoms with Crippen LogP contribution < -0.4 is 5.73 Å². The Kier molecular flexibility index (Phi) is 5.26. The molecule has 20 heavy (non-hydrogen) atoms. The van der Waals surface area contributed by atoms with E-state index in [1.165, 1.54) is 36.8 Å². The van der Waals surface area contributed by atoms with Crippen molar-refractivity contribution in [3.8, 4) is 0 Å². The summed E-state index contributed by atoms with van der Waals surface area (Å²) in [5.41, 5.74) is 9.37. The fourth-order valence-electron chi connectivity index (χ4n) is 3.64. The van der Waals surface area contributed by atoms with Crippen LogP contribution in [0, 0.1) is 17.8 Å². The highest BCUT2D eigenvalue weighted by Crippen LogP contribution is 2.39. The fourth-order valence-corrected chi connectivity index (χ4v) is 3.64. The summed E-state index contributed by atoms with van der Waals surface area (Å²) >= 11 is 0. The third-order valence-corrected chi connectivity index (χ3v) is 4.91. The van der Waals surface area contributed by atoms with E-state index in [9.17, 15) is 0 Å². The van der Waals surface area contributed by atoms with Gasteiger partial charge in [0.25, 0.3) is 0 Å². The third kappa shape index (κ3) is 3.85. The Balaban J connectivity index is 2.16. The number of benzene rings is 1. The van der Waals surface area contributed by atoms with Crippen LogP contribution in [-0.2, 0) is 6.42 Å². The maximum absolute atomic E-state index is 6.42. The summed E-state index contributed by atoms with van der Waals surface area (Å²) in [5.74, 6) is 2.90. The van der Waals surface area contributed by atoms with Gasteiger partial charge in [-0.2, -0.15) is 0 Å². The van der Waals surface area contributed by atoms with Gasteiger partial charge in [-0.3, -0.25) is 0 Å². The second-order valence-corrected chi connectivity index (χ2v) is 7.43. The Labute approximate surface area is 125 Å². The SMILES string of the molecule is CC(C)Cc1cccc(C2CC(C(C)C)CCC2N)c1. The molecule has 1 nitrogen and oxygen atoms in total. The van der Waals surface area contributed by atoms with Crippen LogP contribution in [0.2, 0.25) is 0 Å². The zero-order valence-electron chi connectivity index (χ0n) is 13.6. The van der Waals surface area contributed by atoms with Crippen molar-refractivity contribution in [2.75, 3.05) is 0 Å². The molecule has 0 radical (unpaired) electrons. The van der Waals surface area contributed by atoms with Crippen molar-refractivity contribution < 1.29 is 0 Å². The fraction of sp³-hybridized carbons (Fsp3) is 0.684. The summed E-state index contributed by atoms with van der Waals surface area (Å²) < 4.78 is 0. The van der Waals surface area contributed by atoms with Gasteiger partial charge in [0.05, 0.1) is 0 Å². The molecule has 2 rings (SSSR count). The van der Waals surface area contributed by atoms with Gasteiger partial charge in [-0.15, -0.1) is 0 Å². The first-order valence-corrected chi connectivity index (χ1v) is 8.31. The molecule has 0 heterocycles. The maximum Gasteiger partial charge on any atom is 0.0108 e. The van der Waals surface area contributed by atoms with Crippen molar-refractivity contribution in [3.63, 3.8) is 0 Å². The van der Waals surface area contributed by atoms with Gasteiger partial charge in [0.2, 0.25) is 0 Å². The summed E-state index contributed by atoms with van der Waals surface area (Å²) in [4.78, 5) is 0. The van der Waals surface area contributed by atoms with Crippen LogP contribution in [0.15, 0.2) is 24.3 Å². The van der Waals surface area contributed by atoms with Crippen LogP contribution in [0.3, 0.4) is 0 Å². The van der Waals surface area contributed by atoms with E-state index in [2.05, 4.69) is 52.0 Å². The van der Waals surface area contributed by atoms with E-state index in [-0.39, 0.29) is 0 Å². The Bertz CT molecular complexity index is 422. The molecule has 3 unspecified atom stereocenters. The first-order valence-electron chi connectivity index (χ1n) is 8.31. The van der Waals surface area contributed by atoms with Gasteiger partial charge in [-0.05, 0) is 60.5 Å². The Morgan fingerprint density at radius 1 is 1.15 bits per heavy atom. The molecule has 0 spiro atoms. The van der Waals surface area contributed by atoms with E-state index in [1.807, 2.05) is 0 Å². The first-order chi connectivity index (χ1) is 9.47. The molecule has 0 amide bonds. The molecule has 1 fully saturated rings. The summed E-state index contributed by atoms with van der Waals surface area (Å²) in [7, 11) is 0. The molecule has 0 aromatic heterocycles. The highest BCUT2D eigenvalue weighted by molar-refractivity contribution is 5.28. The van der Waals surface area contributed by atoms with Crippen LogP contribution in [-0.4, -0.2) is 6.04 Å². The molecular weight excluding hydrogens is 242 g/mol. The molecule has 112 valence electrons. The van der Waals surface area contributed by atoms with E-state index in [1.54, 1.807) is 0 Å². The lowest BCUT2D eigenvalue weighted by molar-refractivity contribution is 0.232. The summed E-state index contributed by atoms with van der Waals surface area (Å²) in [6, 6.07) is 9.53. The number of hydrogen-bond acceptors (Lipinski definition) is 1. The lowest BCUT2D eigenvalue weighted by Crippen LogP contribution is -2.35. The quantitative estimate of drug-likeness (QED) is 0.841. The zero-order valence-corrected chi connectivity index (χ0v) is 13.6. The Morgan fingerprint density at radius 2 is 1.90 bits per heavy atom. The van der Waals surface area contributed by atoms with Crippen LogP contribution >= 0.6 is 0 Å². The molecule has 1 aromatic carbocycles. The van der Waals surface area contributed by atoms with Crippen LogP contribution in [0.5, 0.6) is 0 Å². The van der Waals surface area contributed by atoms with Crippen molar-refractivity contribution in [1.29, 1.82) is 0 Å². The third-order valence-electron chi connectivity index (χ3n) is 4.91. The van der Waals surface area contributed by atoms with E-state index >= 15 is 0 Å². The molecule has 1 saturated carbocycles. The molecule has 2 N–H and O–H groups in total. The highest BCUT2D eigenvalue weighted by atomic mass is 14.7. The monoisotopic (exact) mass is 273 g/mol. The van der Waals surface area contributed by atoms with E-state index in [4.69, 9.17) is 5.73 Å². The number of nitrogens with two attached hydrogens (primary N) is 1.